The first-order valence-electron chi connectivity index (χ1n) is 6.68. The van der Waals surface area contributed by atoms with E-state index in [1.54, 1.807) is 12.1 Å². The van der Waals surface area contributed by atoms with Gasteiger partial charge in [-0.2, -0.15) is 0 Å². The Labute approximate surface area is 142 Å². The van der Waals surface area contributed by atoms with Crippen molar-refractivity contribution in [1.29, 1.82) is 0 Å². The van der Waals surface area contributed by atoms with E-state index >= 15 is 0 Å². The van der Waals surface area contributed by atoms with Crippen molar-refractivity contribution in [3.63, 3.8) is 0 Å². The lowest BCUT2D eigenvalue weighted by atomic mass is 10.0. The normalized spacial score (nSPS) is 11.5. The zero-order valence-corrected chi connectivity index (χ0v) is 14.8. The van der Waals surface area contributed by atoms with Crippen molar-refractivity contribution >= 4 is 37.1 Å². The first kappa shape index (κ1) is 15.5. The number of halogens is 1. The topological polar surface area (TPSA) is 34.1 Å². The van der Waals surface area contributed by atoms with Crippen molar-refractivity contribution in [2.45, 2.75) is 9.96 Å². The number of hydrogen-bond donors (Lipinski definition) is 0. The molecule has 3 aromatic rings. The van der Waals surface area contributed by atoms with Crippen LogP contribution in [0, 0.1) is 0 Å². The van der Waals surface area contributed by atoms with Crippen LogP contribution in [0.2, 0.25) is 0 Å². The summed E-state index contributed by atoms with van der Waals surface area (Å²) in [7, 11) is -3.33. The quantitative estimate of drug-likeness (QED) is 0.614. The molecule has 5 heteroatoms. The van der Waals surface area contributed by atoms with Crippen LogP contribution in [0.15, 0.2) is 74.7 Å². The summed E-state index contributed by atoms with van der Waals surface area (Å²) >= 11 is 4.56. The Kier molecular flexibility index (Phi) is 4.47. The Hall–Kier alpha value is -1.43. The molecule has 0 spiro atoms. The van der Waals surface area contributed by atoms with E-state index < -0.39 is 9.84 Å². The van der Waals surface area contributed by atoms with Crippen LogP contribution in [0.4, 0.5) is 0 Å². The van der Waals surface area contributed by atoms with Gasteiger partial charge in [-0.25, -0.2) is 8.42 Å². The van der Waals surface area contributed by atoms with Gasteiger partial charge in [0.1, 0.15) is 4.21 Å². The summed E-state index contributed by atoms with van der Waals surface area (Å²) in [5.74, 6) is 0.00498. The number of hydrogen-bond acceptors (Lipinski definition) is 3. The molecule has 1 aromatic heterocycles. The molecule has 0 aliphatic rings. The standard InChI is InChI=1S/C17H13BrO2S2/c18-16-10-11-17(21-16)22(19,20)12-14-8-4-5-9-15(14)13-6-2-1-3-7-13/h1-11H,12H2. The Morgan fingerprint density at radius 1 is 0.864 bits per heavy atom. The molecule has 1 heterocycles. The van der Waals surface area contributed by atoms with Crippen LogP contribution < -0.4 is 0 Å². The molecular weight excluding hydrogens is 380 g/mol. The van der Waals surface area contributed by atoms with Gasteiger partial charge in [0.2, 0.25) is 0 Å². The lowest BCUT2D eigenvalue weighted by Crippen LogP contribution is -2.04. The van der Waals surface area contributed by atoms with E-state index in [-0.39, 0.29) is 5.75 Å². The predicted octanol–water partition coefficient (Wildman–Crippen LogP) is 5.15. The highest BCUT2D eigenvalue weighted by Gasteiger charge is 2.19. The summed E-state index contributed by atoms with van der Waals surface area (Å²) < 4.78 is 26.4. The summed E-state index contributed by atoms with van der Waals surface area (Å²) in [6.45, 7) is 0. The highest BCUT2D eigenvalue weighted by molar-refractivity contribution is 9.11. The van der Waals surface area contributed by atoms with E-state index in [2.05, 4.69) is 15.9 Å². The molecule has 0 aliphatic carbocycles. The number of benzene rings is 2. The second kappa shape index (κ2) is 6.36. The minimum absolute atomic E-state index is 0.00498. The van der Waals surface area contributed by atoms with E-state index in [0.29, 0.717) is 4.21 Å². The van der Waals surface area contributed by atoms with E-state index in [1.807, 2.05) is 54.6 Å². The molecule has 3 rings (SSSR count). The van der Waals surface area contributed by atoms with Gasteiger partial charge >= 0.3 is 0 Å². The van der Waals surface area contributed by atoms with Crippen LogP contribution in [-0.4, -0.2) is 8.42 Å². The zero-order chi connectivity index (χ0) is 15.6. The Morgan fingerprint density at radius 2 is 1.55 bits per heavy atom. The second-order valence-electron chi connectivity index (χ2n) is 4.84. The largest absolute Gasteiger partial charge is 0.223 e. The van der Waals surface area contributed by atoms with Gasteiger partial charge in [-0.05, 0) is 44.8 Å². The van der Waals surface area contributed by atoms with Crippen LogP contribution in [0.25, 0.3) is 11.1 Å². The lowest BCUT2D eigenvalue weighted by molar-refractivity contribution is 0.597. The Balaban J connectivity index is 2.00. The monoisotopic (exact) mass is 392 g/mol. The number of thiophene rings is 1. The number of rotatable bonds is 4. The van der Waals surface area contributed by atoms with Crippen LogP contribution in [0.1, 0.15) is 5.56 Å². The fourth-order valence-electron chi connectivity index (χ4n) is 2.29. The zero-order valence-electron chi connectivity index (χ0n) is 11.6. The lowest BCUT2D eigenvalue weighted by Gasteiger charge is -2.09. The maximum Gasteiger partial charge on any atom is 0.191 e. The van der Waals surface area contributed by atoms with Crippen molar-refractivity contribution in [2.75, 3.05) is 0 Å². The van der Waals surface area contributed by atoms with Crippen molar-refractivity contribution in [3.8, 4) is 11.1 Å². The maximum atomic E-state index is 12.6. The SMILES string of the molecule is O=S(=O)(Cc1ccccc1-c1ccccc1)c1ccc(Br)s1. The van der Waals surface area contributed by atoms with Gasteiger partial charge in [-0.15, -0.1) is 11.3 Å². The highest BCUT2D eigenvalue weighted by atomic mass is 79.9. The first-order valence-corrected chi connectivity index (χ1v) is 9.94. The Morgan fingerprint density at radius 3 is 2.23 bits per heavy atom. The summed E-state index contributed by atoms with van der Waals surface area (Å²) in [4.78, 5) is 0. The minimum atomic E-state index is -3.33. The van der Waals surface area contributed by atoms with Crippen molar-refractivity contribution < 1.29 is 8.42 Å². The van der Waals surface area contributed by atoms with E-state index in [0.717, 1.165) is 20.5 Å². The molecule has 22 heavy (non-hydrogen) atoms. The van der Waals surface area contributed by atoms with Gasteiger partial charge in [0, 0.05) is 0 Å². The molecule has 0 atom stereocenters. The molecule has 0 N–H and O–H groups in total. The molecule has 0 fully saturated rings. The van der Waals surface area contributed by atoms with Gasteiger partial charge < -0.3 is 0 Å². The fourth-order valence-corrected chi connectivity index (χ4v) is 5.76. The average Bonchev–Trinajstić information content (AvgIpc) is 2.96. The molecule has 0 radical (unpaired) electrons. The third kappa shape index (κ3) is 3.32. The number of sulfone groups is 1. The molecule has 0 unspecified atom stereocenters. The van der Waals surface area contributed by atoms with Gasteiger partial charge in [0.05, 0.1) is 9.54 Å². The molecular formula is C17H13BrO2S2. The van der Waals surface area contributed by atoms with Crippen LogP contribution >= 0.6 is 27.3 Å². The molecule has 0 saturated carbocycles. The van der Waals surface area contributed by atoms with Crippen molar-refractivity contribution in [3.05, 3.63) is 76.1 Å². The molecule has 0 amide bonds. The van der Waals surface area contributed by atoms with Crippen LogP contribution in [-0.2, 0) is 15.6 Å². The van der Waals surface area contributed by atoms with E-state index in [4.69, 9.17) is 0 Å². The predicted molar refractivity (Wildman–Crippen MR) is 94.8 cm³/mol. The molecule has 112 valence electrons. The van der Waals surface area contributed by atoms with Gasteiger partial charge in [0.15, 0.2) is 9.84 Å². The van der Waals surface area contributed by atoms with Gasteiger partial charge in [-0.1, -0.05) is 54.6 Å². The average molecular weight is 393 g/mol. The summed E-state index contributed by atoms with van der Waals surface area (Å²) in [5.41, 5.74) is 2.81. The van der Waals surface area contributed by atoms with Gasteiger partial charge in [-0.3, -0.25) is 0 Å². The molecule has 0 bridgehead atoms. The first-order chi connectivity index (χ1) is 10.6. The third-order valence-corrected chi connectivity index (χ3v) is 7.17. The molecule has 0 aliphatic heterocycles. The van der Waals surface area contributed by atoms with Gasteiger partial charge in [0.25, 0.3) is 0 Å². The second-order valence-corrected chi connectivity index (χ2v) is 9.52. The fraction of sp³-hybridized carbons (Fsp3) is 0.0588. The summed E-state index contributed by atoms with van der Waals surface area (Å²) in [6.07, 6.45) is 0. The van der Waals surface area contributed by atoms with Crippen LogP contribution in [0.3, 0.4) is 0 Å². The molecule has 2 aromatic carbocycles. The van der Waals surface area contributed by atoms with Crippen molar-refractivity contribution in [2.24, 2.45) is 0 Å². The minimum Gasteiger partial charge on any atom is -0.223 e. The summed E-state index contributed by atoms with van der Waals surface area (Å²) in [6, 6.07) is 20.9. The maximum absolute atomic E-state index is 12.6. The van der Waals surface area contributed by atoms with E-state index in [9.17, 15) is 8.42 Å². The molecule has 2 nitrogen and oxygen atoms in total. The summed E-state index contributed by atoms with van der Waals surface area (Å²) in [5, 5.41) is 0. The van der Waals surface area contributed by atoms with E-state index in [1.165, 1.54) is 11.3 Å². The van der Waals surface area contributed by atoms with Crippen molar-refractivity contribution in [1.82, 2.24) is 0 Å². The highest BCUT2D eigenvalue weighted by Crippen LogP contribution is 2.31. The van der Waals surface area contributed by atoms with Crippen LogP contribution in [0.5, 0.6) is 0 Å². The molecule has 0 saturated heterocycles. The smallest absolute Gasteiger partial charge is 0.191 e. The Bertz CT molecular complexity index is 884. The third-order valence-electron chi connectivity index (χ3n) is 3.30.